The molecule has 2 N–H and O–H groups in total. The van der Waals surface area contributed by atoms with Crippen molar-refractivity contribution in [3.8, 4) is 5.75 Å². The van der Waals surface area contributed by atoms with Crippen LogP contribution in [0.4, 0.5) is 4.39 Å². The van der Waals surface area contributed by atoms with Gasteiger partial charge in [0.1, 0.15) is 11.6 Å². The molecule has 0 bridgehead atoms. The van der Waals surface area contributed by atoms with Crippen molar-refractivity contribution in [1.82, 2.24) is 0 Å². The fraction of sp³-hybridized carbons (Fsp3) is 0.455. The molecule has 3 nitrogen and oxygen atoms in total. The van der Waals surface area contributed by atoms with Crippen LogP contribution in [0.2, 0.25) is 0 Å². The summed E-state index contributed by atoms with van der Waals surface area (Å²) >= 11 is 0. The smallest absolute Gasteiger partial charge is 0.189 e. The number of hydrogen-bond donors (Lipinski definition) is 1. The Kier molecular flexibility index (Phi) is 2.88. The molecule has 0 radical (unpaired) electrons. The summed E-state index contributed by atoms with van der Waals surface area (Å²) in [6.45, 7) is 3.05. The molecule has 82 valence electrons. The van der Waals surface area contributed by atoms with Crippen LogP contribution in [0.5, 0.6) is 5.75 Å². The van der Waals surface area contributed by atoms with Gasteiger partial charge in [-0.2, -0.15) is 0 Å². The van der Waals surface area contributed by atoms with Crippen LogP contribution in [0, 0.1) is 5.82 Å². The van der Waals surface area contributed by atoms with Crippen molar-refractivity contribution in [2.45, 2.75) is 19.4 Å². The van der Waals surface area contributed by atoms with Crippen LogP contribution in [0.3, 0.4) is 0 Å². The third-order valence-electron chi connectivity index (χ3n) is 2.59. The maximum atomic E-state index is 13.3. The van der Waals surface area contributed by atoms with Crippen molar-refractivity contribution in [3.63, 3.8) is 0 Å². The van der Waals surface area contributed by atoms with E-state index in [-0.39, 0.29) is 18.5 Å². The van der Waals surface area contributed by atoms with Gasteiger partial charge in [-0.15, -0.1) is 0 Å². The van der Waals surface area contributed by atoms with E-state index in [1.807, 2.05) is 6.92 Å². The summed E-state index contributed by atoms with van der Waals surface area (Å²) in [6, 6.07) is 2.93. The Morgan fingerprint density at radius 3 is 3.07 bits per heavy atom. The Labute approximate surface area is 88.0 Å². The molecule has 2 rings (SSSR count). The second-order valence-electron chi connectivity index (χ2n) is 3.73. The first-order valence-electron chi connectivity index (χ1n) is 4.95. The molecule has 1 aliphatic heterocycles. The fourth-order valence-electron chi connectivity index (χ4n) is 1.70. The predicted octanol–water partition coefficient (Wildman–Crippen LogP) is 1.75. The Morgan fingerprint density at radius 1 is 1.53 bits per heavy atom. The van der Waals surface area contributed by atoms with E-state index >= 15 is 0 Å². The Hall–Kier alpha value is -1.13. The Balaban J connectivity index is 2.47. The van der Waals surface area contributed by atoms with Gasteiger partial charge in [0.25, 0.3) is 0 Å². The zero-order valence-electron chi connectivity index (χ0n) is 8.63. The van der Waals surface area contributed by atoms with Crippen molar-refractivity contribution in [3.05, 3.63) is 29.1 Å². The molecule has 0 spiro atoms. The lowest BCUT2D eigenvalue weighted by Crippen LogP contribution is -2.17. The van der Waals surface area contributed by atoms with Gasteiger partial charge in [-0.05, 0) is 24.6 Å². The third-order valence-corrected chi connectivity index (χ3v) is 2.59. The largest absolute Gasteiger partial charge is 0.467 e. The molecule has 1 heterocycles. The quantitative estimate of drug-likeness (QED) is 0.810. The first-order valence-corrected chi connectivity index (χ1v) is 4.95. The average molecular weight is 211 g/mol. The molecular weight excluding hydrogens is 197 g/mol. The Morgan fingerprint density at radius 2 is 2.33 bits per heavy atom. The molecule has 1 aromatic carbocycles. The summed E-state index contributed by atoms with van der Waals surface area (Å²) in [7, 11) is 0. The molecule has 15 heavy (non-hydrogen) atoms. The zero-order chi connectivity index (χ0) is 10.8. The topological polar surface area (TPSA) is 44.5 Å². The SMILES string of the molecule is C[C@H](CN)c1cc(F)cc2c1OCOC2. The number of ether oxygens (including phenoxy) is 2. The highest BCUT2D eigenvalue weighted by atomic mass is 19.1. The number of halogens is 1. The van der Waals surface area contributed by atoms with Crippen molar-refractivity contribution < 1.29 is 13.9 Å². The summed E-state index contributed by atoms with van der Waals surface area (Å²) in [6.07, 6.45) is 0. The van der Waals surface area contributed by atoms with E-state index in [9.17, 15) is 4.39 Å². The molecular formula is C11H14FNO2. The number of fused-ring (bicyclic) bond motifs is 1. The summed E-state index contributed by atoms with van der Waals surface area (Å²) in [5, 5.41) is 0. The number of nitrogens with two attached hydrogens (primary N) is 1. The van der Waals surface area contributed by atoms with Crippen molar-refractivity contribution in [2.75, 3.05) is 13.3 Å². The summed E-state index contributed by atoms with van der Waals surface area (Å²) < 4.78 is 23.8. The molecule has 0 aromatic heterocycles. The molecule has 1 aromatic rings. The second-order valence-corrected chi connectivity index (χ2v) is 3.73. The highest BCUT2D eigenvalue weighted by molar-refractivity contribution is 5.44. The first kappa shape index (κ1) is 10.4. The highest BCUT2D eigenvalue weighted by Gasteiger charge is 2.19. The Bertz CT molecular complexity index is 368. The molecule has 1 atom stereocenters. The standard InChI is InChI=1S/C11H14FNO2/c1-7(4-13)10-3-9(12)2-8-5-14-6-15-11(8)10/h2-3,7H,4-6,13H2,1H3/t7-/m1/s1. The van der Waals surface area contributed by atoms with Gasteiger partial charge in [-0.1, -0.05) is 6.92 Å². The normalized spacial score (nSPS) is 16.7. The molecule has 0 saturated heterocycles. The third kappa shape index (κ3) is 1.96. The van der Waals surface area contributed by atoms with Gasteiger partial charge in [-0.25, -0.2) is 4.39 Å². The van der Waals surface area contributed by atoms with Crippen LogP contribution >= 0.6 is 0 Å². The van der Waals surface area contributed by atoms with E-state index in [2.05, 4.69) is 0 Å². The molecule has 0 amide bonds. The maximum Gasteiger partial charge on any atom is 0.189 e. The number of benzene rings is 1. The minimum atomic E-state index is -0.266. The van der Waals surface area contributed by atoms with Crippen molar-refractivity contribution in [1.29, 1.82) is 0 Å². The summed E-state index contributed by atoms with van der Waals surface area (Å²) in [4.78, 5) is 0. The van der Waals surface area contributed by atoms with E-state index in [1.165, 1.54) is 12.1 Å². The van der Waals surface area contributed by atoms with E-state index in [0.717, 1.165) is 16.9 Å². The van der Waals surface area contributed by atoms with Gasteiger partial charge in [0, 0.05) is 11.1 Å². The van der Waals surface area contributed by atoms with Gasteiger partial charge < -0.3 is 15.2 Å². The van der Waals surface area contributed by atoms with Crippen LogP contribution in [0.25, 0.3) is 0 Å². The molecule has 4 heteroatoms. The molecule has 0 unspecified atom stereocenters. The molecule has 0 aliphatic carbocycles. The van der Waals surface area contributed by atoms with Gasteiger partial charge in [0.05, 0.1) is 6.61 Å². The minimum Gasteiger partial charge on any atom is -0.467 e. The van der Waals surface area contributed by atoms with E-state index < -0.39 is 0 Å². The monoisotopic (exact) mass is 211 g/mol. The van der Waals surface area contributed by atoms with Crippen LogP contribution in [0.1, 0.15) is 24.0 Å². The molecule has 0 saturated carbocycles. The van der Waals surface area contributed by atoms with Crippen LogP contribution < -0.4 is 10.5 Å². The zero-order valence-corrected chi connectivity index (χ0v) is 8.63. The number of hydrogen-bond acceptors (Lipinski definition) is 3. The summed E-state index contributed by atoms with van der Waals surface area (Å²) in [5.74, 6) is 0.561. The lowest BCUT2D eigenvalue weighted by atomic mass is 9.97. The molecule has 0 fully saturated rings. The highest BCUT2D eigenvalue weighted by Crippen LogP contribution is 2.33. The van der Waals surface area contributed by atoms with Crippen molar-refractivity contribution in [2.24, 2.45) is 5.73 Å². The van der Waals surface area contributed by atoms with E-state index in [4.69, 9.17) is 15.2 Å². The van der Waals surface area contributed by atoms with Crippen LogP contribution in [0.15, 0.2) is 12.1 Å². The van der Waals surface area contributed by atoms with Gasteiger partial charge in [0.2, 0.25) is 0 Å². The fourth-order valence-corrected chi connectivity index (χ4v) is 1.70. The van der Waals surface area contributed by atoms with Crippen molar-refractivity contribution >= 4 is 0 Å². The van der Waals surface area contributed by atoms with Gasteiger partial charge >= 0.3 is 0 Å². The van der Waals surface area contributed by atoms with Crippen LogP contribution in [-0.2, 0) is 11.3 Å². The van der Waals surface area contributed by atoms with E-state index in [1.54, 1.807) is 0 Å². The number of rotatable bonds is 2. The summed E-state index contributed by atoms with van der Waals surface area (Å²) in [5.41, 5.74) is 7.17. The van der Waals surface area contributed by atoms with Gasteiger partial charge in [-0.3, -0.25) is 0 Å². The first-order chi connectivity index (χ1) is 7.22. The van der Waals surface area contributed by atoms with Gasteiger partial charge in [0.15, 0.2) is 6.79 Å². The minimum absolute atomic E-state index is 0.0903. The van der Waals surface area contributed by atoms with E-state index in [0.29, 0.717) is 13.2 Å². The predicted molar refractivity (Wildman–Crippen MR) is 54.2 cm³/mol. The lowest BCUT2D eigenvalue weighted by Gasteiger charge is -2.23. The second kappa shape index (κ2) is 4.16. The lowest BCUT2D eigenvalue weighted by molar-refractivity contribution is -0.0174. The van der Waals surface area contributed by atoms with Crippen LogP contribution in [-0.4, -0.2) is 13.3 Å². The molecule has 1 aliphatic rings. The average Bonchev–Trinajstić information content (AvgIpc) is 2.26. The maximum absolute atomic E-state index is 13.3.